The van der Waals surface area contributed by atoms with Crippen molar-refractivity contribution in [1.82, 2.24) is 5.32 Å². The van der Waals surface area contributed by atoms with E-state index in [9.17, 15) is 4.79 Å². The molecule has 0 radical (unpaired) electrons. The molecule has 0 heterocycles. The van der Waals surface area contributed by atoms with Crippen LogP contribution in [-0.2, 0) is 4.79 Å². The van der Waals surface area contributed by atoms with Gasteiger partial charge in [-0.2, -0.15) is 0 Å². The van der Waals surface area contributed by atoms with Crippen molar-refractivity contribution in [1.29, 1.82) is 0 Å². The Kier molecular flexibility index (Phi) is 4.62. The summed E-state index contributed by atoms with van der Waals surface area (Å²) in [6.07, 6.45) is -0.467. The molecule has 1 amide bonds. The second-order valence-corrected chi connectivity index (χ2v) is 4.02. The first-order valence-electron chi connectivity index (χ1n) is 4.83. The van der Waals surface area contributed by atoms with Crippen molar-refractivity contribution in [3.63, 3.8) is 0 Å². The molecule has 1 rings (SSSR count). The molecule has 3 nitrogen and oxygen atoms in total. The van der Waals surface area contributed by atoms with E-state index in [4.69, 9.17) is 4.74 Å². The Morgan fingerprint density at radius 2 is 2.07 bits per heavy atom. The third kappa shape index (κ3) is 3.91. The van der Waals surface area contributed by atoms with Crippen molar-refractivity contribution >= 4 is 21.8 Å². The monoisotopic (exact) mass is 271 g/mol. The zero-order valence-electron chi connectivity index (χ0n) is 8.79. The van der Waals surface area contributed by atoms with E-state index in [0.717, 1.165) is 4.47 Å². The van der Waals surface area contributed by atoms with Crippen LogP contribution in [0.3, 0.4) is 0 Å². The Morgan fingerprint density at radius 1 is 1.47 bits per heavy atom. The first-order valence-corrected chi connectivity index (χ1v) is 5.62. The van der Waals surface area contributed by atoms with Crippen LogP contribution in [0.25, 0.3) is 0 Å². The molecule has 1 aromatic carbocycles. The number of ether oxygens (including phenoxy) is 1. The van der Waals surface area contributed by atoms with Gasteiger partial charge in [-0.1, -0.05) is 15.9 Å². The molecular weight excluding hydrogens is 258 g/mol. The van der Waals surface area contributed by atoms with Crippen molar-refractivity contribution in [2.45, 2.75) is 20.0 Å². The van der Waals surface area contributed by atoms with Gasteiger partial charge in [-0.25, -0.2) is 0 Å². The molecule has 0 saturated heterocycles. The minimum Gasteiger partial charge on any atom is -0.481 e. The maximum Gasteiger partial charge on any atom is 0.260 e. The number of rotatable bonds is 4. The Morgan fingerprint density at radius 3 is 2.60 bits per heavy atom. The van der Waals surface area contributed by atoms with Crippen molar-refractivity contribution in [2.75, 3.05) is 6.54 Å². The van der Waals surface area contributed by atoms with Crippen LogP contribution >= 0.6 is 15.9 Å². The lowest BCUT2D eigenvalue weighted by Crippen LogP contribution is -2.36. The van der Waals surface area contributed by atoms with E-state index in [1.807, 2.05) is 31.2 Å². The van der Waals surface area contributed by atoms with E-state index >= 15 is 0 Å². The lowest BCUT2D eigenvalue weighted by Gasteiger charge is -2.13. The summed E-state index contributed by atoms with van der Waals surface area (Å²) in [7, 11) is 0. The second-order valence-electron chi connectivity index (χ2n) is 3.11. The first kappa shape index (κ1) is 12.0. The van der Waals surface area contributed by atoms with Gasteiger partial charge in [0.25, 0.3) is 5.91 Å². The van der Waals surface area contributed by atoms with Crippen molar-refractivity contribution < 1.29 is 9.53 Å². The van der Waals surface area contributed by atoms with Gasteiger partial charge in [-0.05, 0) is 38.1 Å². The van der Waals surface area contributed by atoms with Crippen LogP contribution in [0.5, 0.6) is 5.75 Å². The molecule has 0 aliphatic carbocycles. The molecule has 82 valence electrons. The molecule has 0 aliphatic rings. The van der Waals surface area contributed by atoms with Crippen molar-refractivity contribution in [3.05, 3.63) is 28.7 Å². The number of amides is 1. The van der Waals surface area contributed by atoms with Gasteiger partial charge in [-0.3, -0.25) is 4.79 Å². The van der Waals surface area contributed by atoms with Gasteiger partial charge in [0.05, 0.1) is 0 Å². The number of benzene rings is 1. The maximum atomic E-state index is 11.4. The van der Waals surface area contributed by atoms with Crippen LogP contribution in [0.4, 0.5) is 0 Å². The Labute approximate surface area is 97.9 Å². The predicted octanol–water partition coefficient (Wildman–Crippen LogP) is 2.35. The summed E-state index contributed by atoms with van der Waals surface area (Å²) in [5.74, 6) is 0.595. The average Bonchev–Trinajstić information content (AvgIpc) is 2.22. The quantitative estimate of drug-likeness (QED) is 0.913. The zero-order chi connectivity index (χ0) is 11.3. The summed E-state index contributed by atoms with van der Waals surface area (Å²) in [6.45, 7) is 4.23. The van der Waals surface area contributed by atoms with Crippen LogP contribution in [0, 0.1) is 0 Å². The Hall–Kier alpha value is -1.03. The minimum absolute atomic E-state index is 0.0968. The highest BCUT2D eigenvalue weighted by atomic mass is 79.9. The third-order valence-corrected chi connectivity index (χ3v) is 2.38. The van der Waals surface area contributed by atoms with Crippen LogP contribution in [0.15, 0.2) is 28.7 Å². The molecule has 0 bridgehead atoms. The third-order valence-electron chi connectivity index (χ3n) is 1.85. The van der Waals surface area contributed by atoms with Gasteiger partial charge < -0.3 is 10.1 Å². The van der Waals surface area contributed by atoms with E-state index in [-0.39, 0.29) is 5.91 Å². The first-order chi connectivity index (χ1) is 7.13. The van der Waals surface area contributed by atoms with Gasteiger partial charge in [0.1, 0.15) is 5.75 Å². The van der Waals surface area contributed by atoms with Crippen LogP contribution in [0.2, 0.25) is 0 Å². The topological polar surface area (TPSA) is 38.3 Å². The minimum atomic E-state index is -0.467. The largest absolute Gasteiger partial charge is 0.481 e. The molecule has 0 saturated carbocycles. The average molecular weight is 272 g/mol. The van der Waals surface area contributed by atoms with Crippen LogP contribution < -0.4 is 10.1 Å². The molecule has 1 atom stereocenters. The van der Waals surface area contributed by atoms with E-state index in [0.29, 0.717) is 12.3 Å². The van der Waals surface area contributed by atoms with Crippen LogP contribution in [0.1, 0.15) is 13.8 Å². The number of nitrogens with one attached hydrogen (secondary N) is 1. The lowest BCUT2D eigenvalue weighted by molar-refractivity contribution is -0.127. The summed E-state index contributed by atoms with van der Waals surface area (Å²) in [5, 5.41) is 2.70. The highest BCUT2D eigenvalue weighted by Gasteiger charge is 2.12. The molecule has 1 N–H and O–H groups in total. The van der Waals surface area contributed by atoms with Gasteiger partial charge in [0.2, 0.25) is 0 Å². The number of hydrogen-bond acceptors (Lipinski definition) is 2. The molecule has 0 aliphatic heterocycles. The lowest BCUT2D eigenvalue weighted by atomic mass is 10.3. The van der Waals surface area contributed by atoms with Gasteiger partial charge in [0.15, 0.2) is 6.10 Å². The fourth-order valence-corrected chi connectivity index (χ4v) is 1.35. The normalized spacial score (nSPS) is 11.9. The summed E-state index contributed by atoms with van der Waals surface area (Å²) in [5.41, 5.74) is 0. The van der Waals surface area contributed by atoms with E-state index in [1.54, 1.807) is 6.92 Å². The fourth-order valence-electron chi connectivity index (χ4n) is 1.09. The predicted molar refractivity (Wildman–Crippen MR) is 62.9 cm³/mol. The standard InChI is InChI=1S/C11H14BrNO2/c1-3-13-11(14)8(2)15-10-6-4-9(12)5-7-10/h4-8H,3H2,1-2H3,(H,13,14)/t8-/m0/s1. The molecule has 4 heteroatoms. The number of halogens is 1. The summed E-state index contributed by atoms with van der Waals surface area (Å²) in [6, 6.07) is 7.39. The van der Waals surface area contributed by atoms with Crippen molar-refractivity contribution in [2.24, 2.45) is 0 Å². The smallest absolute Gasteiger partial charge is 0.260 e. The second kappa shape index (κ2) is 5.75. The molecule has 0 aromatic heterocycles. The van der Waals surface area contributed by atoms with E-state index in [1.165, 1.54) is 0 Å². The molecule has 1 aromatic rings. The summed E-state index contributed by atoms with van der Waals surface area (Å²) < 4.78 is 6.44. The highest BCUT2D eigenvalue weighted by Crippen LogP contribution is 2.17. The zero-order valence-corrected chi connectivity index (χ0v) is 10.4. The summed E-state index contributed by atoms with van der Waals surface area (Å²) >= 11 is 3.33. The highest BCUT2D eigenvalue weighted by molar-refractivity contribution is 9.10. The molecule has 0 unspecified atom stereocenters. The van der Waals surface area contributed by atoms with Crippen molar-refractivity contribution in [3.8, 4) is 5.75 Å². The van der Waals surface area contributed by atoms with Gasteiger partial charge in [0, 0.05) is 11.0 Å². The van der Waals surface area contributed by atoms with E-state index in [2.05, 4.69) is 21.2 Å². The Bertz CT molecular complexity index is 324. The molecule has 15 heavy (non-hydrogen) atoms. The number of carbonyl (C=O) groups excluding carboxylic acids is 1. The SMILES string of the molecule is CCNC(=O)[C@H](C)Oc1ccc(Br)cc1. The number of hydrogen-bond donors (Lipinski definition) is 1. The molecule has 0 fully saturated rings. The number of carbonyl (C=O) groups is 1. The van der Waals surface area contributed by atoms with Crippen LogP contribution in [-0.4, -0.2) is 18.6 Å². The number of likely N-dealkylation sites (N-methyl/N-ethyl adjacent to an activating group) is 1. The molecule has 0 spiro atoms. The van der Waals surface area contributed by atoms with E-state index < -0.39 is 6.10 Å². The van der Waals surface area contributed by atoms with Gasteiger partial charge >= 0.3 is 0 Å². The van der Waals surface area contributed by atoms with Gasteiger partial charge in [-0.15, -0.1) is 0 Å². The Balaban J connectivity index is 2.54. The maximum absolute atomic E-state index is 11.4. The fraction of sp³-hybridized carbons (Fsp3) is 0.364. The molecular formula is C11H14BrNO2. The summed E-state index contributed by atoms with van der Waals surface area (Å²) in [4.78, 5) is 11.4.